The largest absolute Gasteiger partial charge is 0.368 e. The van der Waals surface area contributed by atoms with Crippen LogP contribution < -0.4 is 5.32 Å². The average Bonchev–Trinajstić information content (AvgIpc) is 3.17. The third-order valence-electron chi connectivity index (χ3n) is 4.32. The Bertz CT molecular complexity index is 476. The van der Waals surface area contributed by atoms with Crippen molar-refractivity contribution in [1.29, 1.82) is 0 Å². The van der Waals surface area contributed by atoms with E-state index in [1.165, 1.54) is 0 Å². The lowest BCUT2D eigenvalue weighted by Gasteiger charge is -2.33. The van der Waals surface area contributed by atoms with Crippen LogP contribution in [0.5, 0.6) is 0 Å². The van der Waals surface area contributed by atoms with Gasteiger partial charge in [-0.2, -0.15) is 0 Å². The molecule has 0 bridgehead atoms. The number of hydrogen-bond donors (Lipinski definition) is 1. The predicted molar refractivity (Wildman–Crippen MR) is 74.5 cm³/mol. The number of nitrogens with zero attached hydrogens (tertiary/aromatic N) is 3. The van der Waals surface area contributed by atoms with Crippen molar-refractivity contribution in [2.75, 3.05) is 19.7 Å². The third-order valence-corrected chi connectivity index (χ3v) is 4.32. The standard InChI is InChI=1S/C14H22N4O3/c1-10-12(17-21-16-10)9-15-11-4-6-18(7-5-11)14(19)13-3-2-8-20-13/h11,13,15H,2-9H2,1H3/t13-/m1/s1. The van der Waals surface area contributed by atoms with Crippen LogP contribution in [0.1, 0.15) is 37.1 Å². The molecule has 2 aliphatic rings. The Hall–Kier alpha value is -1.47. The molecule has 0 radical (unpaired) electrons. The van der Waals surface area contributed by atoms with Crippen molar-refractivity contribution in [2.45, 2.75) is 51.3 Å². The molecule has 1 N–H and O–H groups in total. The van der Waals surface area contributed by atoms with Crippen LogP contribution in [-0.2, 0) is 16.1 Å². The number of aromatic nitrogens is 2. The lowest BCUT2D eigenvalue weighted by molar-refractivity contribution is -0.142. The number of carbonyl (C=O) groups excluding carboxylic acids is 1. The number of nitrogens with one attached hydrogen (secondary N) is 1. The topological polar surface area (TPSA) is 80.5 Å². The molecular formula is C14H22N4O3. The van der Waals surface area contributed by atoms with E-state index in [0.717, 1.165) is 56.8 Å². The summed E-state index contributed by atoms with van der Waals surface area (Å²) < 4.78 is 10.2. The maximum absolute atomic E-state index is 12.2. The fourth-order valence-electron chi connectivity index (χ4n) is 2.93. The molecule has 1 aromatic rings. The lowest BCUT2D eigenvalue weighted by Crippen LogP contribution is -2.47. The first-order chi connectivity index (χ1) is 10.2. The normalized spacial score (nSPS) is 23.7. The van der Waals surface area contributed by atoms with Crippen molar-refractivity contribution >= 4 is 5.91 Å². The van der Waals surface area contributed by atoms with Crippen LogP contribution >= 0.6 is 0 Å². The van der Waals surface area contributed by atoms with Crippen LogP contribution in [0.2, 0.25) is 0 Å². The Kier molecular flexibility index (Phi) is 4.50. The fourth-order valence-corrected chi connectivity index (χ4v) is 2.93. The molecule has 7 nitrogen and oxygen atoms in total. The van der Waals surface area contributed by atoms with E-state index < -0.39 is 0 Å². The molecule has 0 spiro atoms. The Labute approximate surface area is 124 Å². The van der Waals surface area contributed by atoms with Crippen LogP contribution in [0, 0.1) is 6.92 Å². The van der Waals surface area contributed by atoms with Crippen LogP contribution in [0.4, 0.5) is 0 Å². The summed E-state index contributed by atoms with van der Waals surface area (Å²) in [5.74, 6) is 0.169. The van der Waals surface area contributed by atoms with Crippen LogP contribution in [-0.4, -0.2) is 53.0 Å². The van der Waals surface area contributed by atoms with E-state index in [2.05, 4.69) is 20.3 Å². The third kappa shape index (κ3) is 3.41. The van der Waals surface area contributed by atoms with Gasteiger partial charge in [-0.25, -0.2) is 4.63 Å². The minimum absolute atomic E-state index is 0.169. The monoisotopic (exact) mass is 294 g/mol. The smallest absolute Gasteiger partial charge is 0.251 e. The van der Waals surface area contributed by atoms with Gasteiger partial charge in [0.1, 0.15) is 17.5 Å². The molecule has 0 unspecified atom stereocenters. The number of hydrogen-bond acceptors (Lipinski definition) is 6. The molecule has 1 aromatic heterocycles. The molecular weight excluding hydrogens is 272 g/mol. The second-order valence-corrected chi connectivity index (χ2v) is 5.78. The lowest BCUT2D eigenvalue weighted by atomic mass is 10.0. The molecule has 1 atom stereocenters. The molecule has 0 saturated carbocycles. The summed E-state index contributed by atoms with van der Waals surface area (Å²) in [4.78, 5) is 14.2. The van der Waals surface area contributed by atoms with Gasteiger partial charge >= 0.3 is 0 Å². The molecule has 1 amide bonds. The maximum Gasteiger partial charge on any atom is 0.251 e. The number of ether oxygens (including phenoxy) is 1. The van der Waals surface area contributed by atoms with Crippen molar-refractivity contribution < 1.29 is 14.2 Å². The van der Waals surface area contributed by atoms with E-state index in [-0.39, 0.29) is 12.0 Å². The number of rotatable bonds is 4. The highest BCUT2D eigenvalue weighted by Gasteiger charge is 2.30. The molecule has 0 aliphatic carbocycles. The van der Waals surface area contributed by atoms with Gasteiger partial charge in [-0.15, -0.1) is 0 Å². The Balaban J connectivity index is 1.42. The Morgan fingerprint density at radius 1 is 1.33 bits per heavy atom. The number of likely N-dealkylation sites (tertiary alicyclic amines) is 1. The van der Waals surface area contributed by atoms with Gasteiger partial charge in [-0.1, -0.05) is 10.3 Å². The van der Waals surface area contributed by atoms with Crippen LogP contribution in [0.3, 0.4) is 0 Å². The van der Waals surface area contributed by atoms with Gasteiger partial charge in [-0.3, -0.25) is 4.79 Å². The summed E-state index contributed by atoms with van der Waals surface area (Å²) in [7, 11) is 0. The quantitative estimate of drug-likeness (QED) is 0.877. The van der Waals surface area contributed by atoms with Gasteiger partial charge in [0.2, 0.25) is 0 Å². The van der Waals surface area contributed by atoms with Gasteiger partial charge in [0.25, 0.3) is 5.91 Å². The van der Waals surface area contributed by atoms with Gasteiger partial charge in [0.15, 0.2) is 0 Å². The molecule has 7 heteroatoms. The highest BCUT2D eigenvalue weighted by atomic mass is 16.6. The summed E-state index contributed by atoms with van der Waals surface area (Å²) in [5.41, 5.74) is 1.68. The van der Waals surface area contributed by atoms with Crippen molar-refractivity contribution in [3.63, 3.8) is 0 Å². The SMILES string of the molecule is Cc1nonc1CNC1CCN(C(=O)[C@H]2CCCO2)CC1. The van der Waals surface area contributed by atoms with E-state index in [1.54, 1.807) is 0 Å². The van der Waals surface area contributed by atoms with Gasteiger partial charge in [0.05, 0.1) is 0 Å². The molecule has 2 fully saturated rings. The molecule has 0 aromatic carbocycles. The highest BCUT2D eigenvalue weighted by Crippen LogP contribution is 2.18. The second kappa shape index (κ2) is 6.53. The molecule has 2 aliphatic heterocycles. The molecule has 116 valence electrons. The molecule has 21 heavy (non-hydrogen) atoms. The van der Waals surface area contributed by atoms with Crippen molar-refractivity contribution in [2.24, 2.45) is 0 Å². The Morgan fingerprint density at radius 3 is 2.76 bits per heavy atom. The first-order valence-corrected chi connectivity index (χ1v) is 7.66. The summed E-state index contributed by atoms with van der Waals surface area (Å²) in [5, 5.41) is 11.1. The van der Waals surface area contributed by atoms with Crippen molar-refractivity contribution in [1.82, 2.24) is 20.5 Å². The summed E-state index contributed by atoms with van der Waals surface area (Å²) >= 11 is 0. The van der Waals surface area contributed by atoms with E-state index in [9.17, 15) is 4.79 Å². The highest BCUT2D eigenvalue weighted by molar-refractivity contribution is 5.81. The summed E-state index contributed by atoms with van der Waals surface area (Å²) in [6.45, 7) is 4.87. The average molecular weight is 294 g/mol. The predicted octanol–water partition coefficient (Wildman–Crippen LogP) is 0.638. The van der Waals surface area contributed by atoms with Gasteiger partial charge in [0, 0.05) is 32.3 Å². The second-order valence-electron chi connectivity index (χ2n) is 5.78. The molecule has 3 heterocycles. The fraction of sp³-hybridized carbons (Fsp3) is 0.786. The number of piperidine rings is 1. The first-order valence-electron chi connectivity index (χ1n) is 7.66. The maximum atomic E-state index is 12.2. The van der Waals surface area contributed by atoms with Crippen LogP contribution in [0.25, 0.3) is 0 Å². The summed E-state index contributed by atoms with van der Waals surface area (Å²) in [6.07, 6.45) is 3.60. The summed E-state index contributed by atoms with van der Waals surface area (Å²) in [6, 6.07) is 0.412. The Morgan fingerprint density at radius 2 is 2.14 bits per heavy atom. The van der Waals surface area contributed by atoms with Crippen molar-refractivity contribution in [3.05, 3.63) is 11.4 Å². The number of amides is 1. The zero-order chi connectivity index (χ0) is 14.7. The van der Waals surface area contributed by atoms with E-state index in [1.807, 2.05) is 11.8 Å². The van der Waals surface area contributed by atoms with Crippen LogP contribution in [0.15, 0.2) is 4.63 Å². The minimum atomic E-state index is -0.196. The minimum Gasteiger partial charge on any atom is -0.368 e. The zero-order valence-corrected chi connectivity index (χ0v) is 12.4. The molecule has 3 rings (SSSR count). The van der Waals surface area contributed by atoms with E-state index in [4.69, 9.17) is 4.74 Å². The first kappa shape index (κ1) is 14.5. The van der Waals surface area contributed by atoms with Gasteiger partial charge < -0.3 is 15.0 Å². The zero-order valence-electron chi connectivity index (χ0n) is 12.4. The van der Waals surface area contributed by atoms with Gasteiger partial charge in [-0.05, 0) is 32.6 Å². The van der Waals surface area contributed by atoms with E-state index >= 15 is 0 Å². The molecule has 2 saturated heterocycles. The number of carbonyl (C=O) groups is 1. The van der Waals surface area contributed by atoms with Crippen molar-refractivity contribution in [3.8, 4) is 0 Å². The van der Waals surface area contributed by atoms with E-state index in [0.29, 0.717) is 12.6 Å². The number of aryl methyl sites for hydroxylation is 1.